The van der Waals surface area contributed by atoms with E-state index in [4.69, 9.17) is 8.83 Å². The maximum absolute atomic E-state index is 12.2. The molecule has 0 aliphatic heterocycles. The summed E-state index contributed by atoms with van der Waals surface area (Å²) in [5, 5.41) is 95.8. The summed E-state index contributed by atoms with van der Waals surface area (Å²) in [5.74, 6) is -5.31. The Morgan fingerprint density at radius 3 is 1.09 bits per heavy atom. The molecule has 0 aliphatic carbocycles. The van der Waals surface area contributed by atoms with Crippen LogP contribution in [0.15, 0.2) is 79.1 Å². The van der Waals surface area contributed by atoms with Crippen LogP contribution in [0, 0.1) is 0 Å². The standard InChI is InChI=1S/2C15H10O7.Ti/c2*16-6-1-2-8(9(18)3-6)15-14(21)13(20)12-10(19)4-7(17)5-11(12)22-15;/h2*1-5,16-19,21H;. The van der Waals surface area contributed by atoms with Gasteiger partial charge in [0.1, 0.15) is 67.9 Å². The van der Waals surface area contributed by atoms with Gasteiger partial charge in [-0.3, -0.25) is 9.59 Å². The van der Waals surface area contributed by atoms with Crippen molar-refractivity contribution in [3.63, 3.8) is 0 Å². The van der Waals surface area contributed by atoms with Crippen molar-refractivity contribution < 1.29 is 81.6 Å². The molecule has 14 nitrogen and oxygen atoms in total. The van der Waals surface area contributed by atoms with Crippen molar-refractivity contribution in [2.75, 3.05) is 0 Å². The quantitative estimate of drug-likeness (QED) is 0.119. The van der Waals surface area contributed by atoms with Crippen molar-refractivity contribution in [3.05, 3.63) is 81.1 Å². The van der Waals surface area contributed by atoms with E-state index in [9.17, 15) is 60.7 Å². The van der Waals surface area contributed by atoms with Crippen molar-refractivity contribution in [3.8, 4) is 80.1 Å². The van der Waals surface area contributed by atoms with Gasteiger partial charge >= 0.3 is 0 Å². The fourth-order valence-corrected chi connectivity index (χ4v) is 4.34. The van der Waals surface area contributed by atoms with Crippen molar-refractivity contribution in [2.45, 2.75) is 0 Å². The number of phenols is 8. The maximum atomic E-state index is 12.2. The van der Waals surface area contributed by atoms with Crippen LogP contribution in [0.3, 0.4) is 0 Å². The third kappa shape index (κ3) is 5.82. The van der Waals surface area contributed by atoms with Crippen molar-refractivity contribution in [1.29, 1.82) is 0 Å². The second-order valence-electron chi connectivity index (χ2n) is 9.30. The van der Waals surface area contributed by atoms with E-state index in [0.717, 1.165) is 36.4 Å². The van der Waals surface area contributed by atoms with Crippen LogP contribution in [-0.4, -0.2) is 51.1 Å². The van der Waals surface area contributed by atoms with E-state index in [1.54, 1.807) is 0 Å². The maximum Gasteiger partial charge on any atom is 0.238 e. The van der Waals surface area contributed by atoms with Gasteiger partial charge in [0, 0.05) is 58.1 Å². The van der Waals surface area contributed by atoms with Gasteiger partial charge in [-0.2, -0.15) is 0 Å². The number of fused-ring (bicyclic) bond motifs is 2. The molecule has 228 valence electrons. The van der Waals surface area contributed by atoms with Crippen LogP contribution < -0.4 is 10.9 Å². The summed E-state index contributed by atoms with van der Waals surface area (Å²) in [6.45, 7) is 0. The summed E-state index contributed by atoms with van der Waals surface area (Å²) in [6.07, 6.45) is 0. The van der Waals surface area contributed by atoms with Gasteiger partial charge < -0.3 is 59.9 Å². The number of hydrogen-bond acceptors (Lipinski definition) is 14. The summed E-state index contributed by atoms with van der Waals surface area (Å²) in [5.41, 5.74) is -2.22. The molecular formula is C30H20O14Ti. The zero-order valence-corrected chi connectivity index (χ0v) is 23.9. The molecule has 2 aromatic heterocycles. The van der Waals surface area contributed by atoms with Crippen LogP contribution in [0.4, 0.5) is 0 Å². The Kier molecular flexibility index (Phi) is 8.48. The third-order valence-corrected chi connectivity index (χ3v) is 6.32. The molecule has 0 fully saturated rings. The van der Waals surface area contributed by atoms with Crippen LogP contribution in [0.5, 0.6) is 57.5 Å². The Bertz CT molecular complexity index is 2080. The Hall–Kier alpha value is -5.99. The van der Waals surface area contributed by atoms with E-state index < -0.39 is 45.4 Å². The number of benzene rings is 4. The van der Waals surface area contributed by atoms with Gasteiger partial charge in [0.25, 0.3) is 0 Å². The molecule has 0 atom stereocenters. The van der Waals surface area contributed by atoms with Gasteiger partial charge in [-0.1, -0.05) is 0 Å². The summed E-state index contributed by atoms with van der Waals surface area (Å²) >= 11 is 0. The SMILES string of the molecule is O=c1c(O)c(-c2ccc(O)cc2O)oc2cc(O)cc(O)c12.O=c1c(O)c(-c2ccc(O)cc2O)oc2cc(O)cc(O)c12.[Ti]. The Labute approximate surface area is 264 Å². The fraction of sp³-hybridized carbons (Fsp3) is 0. The second kappa shape index (κ2) is 12.0. The van der Waals surface area contributed by atoms with Crippen molar-refractivity contribution >= 4 is 21.9 Å². The van der Waals surface area contributed by atoms with E-state index in [1.807, 2.05) is 0 Å². The van der Waals surface area contributed by atoms with Crippen LogP contribution >= 0.6 is 0 Å². The Morgan fingerprint density at radius 2 is 0.756 bits per heavy atom. The average molecular weight is 652 g/mol. The molecule has 0 unspecified atom stereocenters. The minimum atomic E-state index is -0.916. The monoisotopic (exact) mass is 652 g/mol. The molecule has 0 spiro atoms. The topological polar surface area (TPSA) is 263 Å². The van der Waals surface area contributed by atoms with E-state index in [1.165, 1.54) is 24.3 Å². The van der Waals surface area contributed by atoms with E-state index in [0.29, 0.717) is 0 Å². The minimum absolute atomic E-state index is 0. The average Bonchev–Trinajstić information content (AvgIpc) is 2.93. The number of rotatable bonds is 2. The molecule has 15 heteroatoms. The van der Waals surface area contributed by atoms with E-state index in [-0.39, 0.29) is 89.3 Å². The first kappa shape index (κ1) is 31.9. The molecule has 0 saturated heterocycles. The molecule has 2 heterocycles. The Balaban J connectivity index is 0.000000200. The molecular weight excluding hydrogens is 632 g/mol. The van der Waals surface area contributed by atoms with E-state index >= 15 is 0 Å². The van der Waals surface area contributed by atoms with Gasteiger partial charge in [0.15, 0.2) is 11.5 Å². The molecule has 0 bridgehead atoms. The summed E-state index contributed by atoms with van der Waals surface area (Å²) in [4.78, 5) is 24.3. The zero-order valence-electron chi connectivity index (χ0n) is 22.4. The normalized spacial score (nSPS) is 10.7. The van der Waals surface area contributed by atoms with Crippen LogP contribution in [0.25, 0.3) is 44.6 Å². The molecule has 6 aromatic rings. The molecule has 0 amide bonds. The smallest absolute Gasteiger partial charge is 0.238 e. The predicted molar refractivity (Wildman–Crippen MR) is 152 cm³/mol. The van der Waals surface area contributed by atoms with Crippen LogP contribution in [-0.2, 0) is 21.7 Å². The molecule has 10 N–H and O–H groups in total. The van der Waals surface area contributed by atoms with Gasteiger partial charge in [-0.25, -0.2) is 0 Å². The molecule has 45 heavy (non-hydrogen) atoms. The molecule has 4 aromatic carbocycles. The van der Waals surface area contributed by atoms with Gasteiger partial charge in [0.05, 0.1) is 11.1 Å². The van der Waals surface area contributed by atoms with Gasteiger partial charge in [-0.15, -0.1) is 0 Å². The summed E-state index contributed by atoms with van der Waals surface area (Å²) < 4.78 is 10.7. The number of hydrogen-bond donors (Lipinski definition) is 10. The fourth-order valence-electron chi connectivity index (χ4n) is 4.34. The Morgan fingerprint density at radius 1 is 0.422 bits per heavy atom. The van der Waals surface area contributed by atoms with E-state index in [2.05, 4.69) is 0 Å². The zero-order chi connectivity index (χ0) is 32.0. The van der Waals surface area contributed by atoms with Crippen molar-refractivity contribution in [2.24, 2.45) is 0 Å². The first-order chi connectivity index (χ1) is 20.8. The third-order valence-electron chi connectivity index (χ3n) is 6.32. The number of aromatic hydroxyl groups is 10. The molecule has 0 radical (unpaired) electrons. The van der Waals surface area contributed by atoms with Gasteiger partial charge in [-0.05, 0) is 24.3 Å². The van der Waals surface area contributed by atoms with Gasteiger partial charge in [0.2, 0.25) is 22.4 Å². The first-order valence-electron chi connectivity index (χ1n) is 12.2. The van der Waals surface area contributed by atoms with Crippen molar-refractivity contribution in [1.82, 2.24) is 0 Å². The number of phenolic OH excluding ortho intramolecular Hbond substituents is 8. The summed E-state index contributed by atoms with van der Waals surface area (Å²) in [6, 6.07) is 11.1. The van der Waals surface area contributed by atoms with Crippen LogP contribution in [0.1, 0.15) is 0 Å². The second-order valence-corrected chi connectivity index (χ2v) is 9.30. The summed E-state index contributed by atoms with van der Waals surface area (Å²) in [7, 11) is 0. The molecule has 0 saturated carbocycles. The first-order valence-corrected chi connectivity index (χ1v) is 12.2. The molecule has 6 rings (SSSR count). The molecule has 0 aliphatic rings. The minimum Gasteiger partial charge on any atom is -0.508 e. The largest absolute Gasteiger partial charge is 0.508 e. The van der Waals surface area contributed by atoms with Crippen LogP contribution in [0.2, 0.25) is 0 Å². The predicted octanol–water partition coefficient (Wildman–Crippen LogP) is 3.97.